The maximum absolute atomic E-state index is 11.0. The van der Waals surface area contributed by atoms with E-state index < -0.39 is 0 Å². The van der Waals surface area contributed by atoms with Gasteiger partial charge in [-0.1, -0.05) is 18.9 Å². The SMILES string of the molecule is CC(=O)Nc1cccc(NC2CCCCC2O)c1. The van der Waals surface area contributed by atoms with Crippen molar-refractivity contribution in [3.8, 4) is 0 Å². The maximum Gasteiger partial charge on any atom is 0.221 e. The second-order valence-corrected chi connectivity index (χ2v) is 4.86. The van der Waals surface area contributed by atoms with Gasteiger partial charge in [-0.15, -0.1) is 0 Å². The van der Waals surface area contributed by atoms with Crippen molar-refractivity contribution in [3.63, 3.8) is 0 Å². The number of hydrogen-bond acceptors (Lipinski definition) is 3. The highest BCUT2D eigenvalue weighted by Crippen LogP contribution is 2.23. The minimum Gasteiger partial charge on any atom is -0.391 e. The lowest BCUT2D eigenvalue weighted by atomic mass is 9.92. The fourth-order valence-electron chi connectivity index (χ4n) is 2.38. The zero-order valence-electron chi connectivity index (χ0n) is 10.6. The number of aliphatic hydroxyl groups is 1. The molecule has 18 heavy (non-hydrogen) atoms. The molecule has 1 saturated carbocycles. The number of rotatable bonds is 3. The third-order valence-corrected chi connectivity index (χ3v) is 3.26. The van der Waals surface area contributed by atoms with Gasteiger partial charge in [0.15, 0.2) is 0 Å². The Bertz CT molecular complexity index is 420. The zero-order chi connectivity index (χ0) is 13.0. The van der Waals surface area contributed by atoms with Crippen LogP contribution in [-0.4, -0.2) is 23.2 Å². The van der Waals surface area contributed by atoms with Gasteiger partial charge in [0.05, 0.1) is 12.1 Å². The van der Waals surface area contributed by atoms with Crippen LogP contribution in [0.4, 0.5) is 11.4 Å². The summed E-state index contributed by atoms with van der Waals surface area (Å²) in [6.45, 7) is 1.49. The van der Waals surface area contributed by atoms with E-state index >= 15 is 0 Å². The highest BCUT2D eigenvalue weighted by Gasteiger charge is 2.22. The Morgan fingerprint density at radius 1 is 1.28 bits per heavy atom. The molecule has 4 heteroatoms. The number of carbonyl (C=O) groups is 1. The monoisotopic (exact) mass is 248 g/mol. The van der Waals surface area contributed by atoms with E-state index in [1.165, 1.54) is 6.92 Å². The van der Waals surface area contributed by atoms with Gasteiger partial charge in [0, 0.05) is 18.3 Å². The Morgan fingerprint density at radius 2 is 2.00 bits per heavy atom. The molecular weight excluding hydrogens is 228 g/mol. The van der Waals surface area contributed by atoms with Crippen molar-refractivity contribution in [3.05, 3.63) is 24.3 Å². The van der Waals surface area contributed by atoms with Gasteiger partial charge in [-0.25, -0.2) is 0 Å². The topological polar surface area (TPSA) is 61.4 Å². The predicted molar refractivity (Wildman–Crippen MR) is 72.6 cm³/mol. The molecule has 0 bridgehead atoms. The van der Waals surface area contributed by atoms with E-state index in [9.17, 15) is 9.90 Å². The first-order valence-electron chi connectivity index (χ1n) is 6.47. The first-order valence-corrected chi connectivity index (χ1v) is 6.47. The number of benzene rings is 1. The highest BCUT2D eigenvalue weighted by atomic mass is 16.3. The molecular formula is C14H20N2O2. The van der Waals surface area contributed by atoms with Gasteiger partial charge in [-0.3, -0.25) is 4.79 Å². The van der Waals surface area contributed by atoms with Crippen molar-refractivity contribution >= 4 is 17.3 Å². The van der Waals surface area contributed by atoms with Crippen LogP contribution in [-0.2, 0) is 4.79 Å². The van der Waals surface area contributed by atoms with E-state index in [0.29, 0.717) is 0 Å². The average molecular weight is 248 g/mol. The molecule has 1 aliphatic carbocycles. The Hall–Kier alpha value is -1.55. The van der Waals surface area contributed by atoms with Gasteiger partial charge in [-0.2, -0.15) is 0 Å². The lowest BCUT2D eigenvalue weighted by Gasteiger charge is -2.29. The smallest absolute Gasteiger partial charge is 0.221 e. The lowest BCUT2D eigenvalue weighted by molar-refractivity contribution is -0.114. The second kappa shape index (κ2) is 5.87. The summed E-state index contributed by atoms with van der Waals surface area (Å²) in [5.74, 6) is -0.0788. The summed E-state index contributed by atoms with van der Waals surface area (Å²) in [6, 6.07) is 7.70. The number of anilines is 2. The molecule has 4 nitrogen and oxygen atoms in total. The summed E-state index contributed by atoms with van der Waals surface area (Å²) in [7, 11) is 0. The summed E-state index contributed by atoms with van der Waals surface area (Å²) in [4.78, 5) is 11.0. The van der Waals surface area contributed by atoms with Crippen molar-refractivity contribution in [1.82, 2.24) is 0 Å². The van der Waals surface area contributed by atoms with Gasteiger partial charge in [-0.05, 0) is 31.0 Å². The van der Waals surface area contributed by atoms with E-state index in [4.69, 9.17) is 0 Å². The Kier molecular flexibility index (Phi) is 4.20. The van der Waals surface area contributed by atoms with Crippen LogP contribution >= 0.6 is 0 Å². The van der Waals surface area contributed by atoms with Crippen LogP contribution in [0.5, 0.6) is 0 Å². The van der Waals surface area contributed by atoms with Crippen LogP contribution in [0.1, 0.15) is 32.6 Å². The molecule has 0 aliphatic heterocycles. The van der Waals surface area contributed by atoms with Gasteiger partial charge in [0.25, 0.3) is 0 Å². The van der Waals surface area contributed by atoms with Crippen LogP contribution in [0.15, 0.2) is 24.3 Å². The molecule has 0 heterocycles. The number of carbonyl (C=O) groups excluding carboxylic acids is 1. The van der Waals surface area contributed by atoms with E-state index in [2.05, 4.69) is 10.6 Å². The van der Waals surface area contributed by atoms with Crippen LogP contribution in [0.25, 0.3) is 0 Å². The zero-order valence-corrected chi connectivity index (χ0v) is 10.6. The number of hydrogen-bond donors (Lipinski definition) is 3. The molecule has 0 radical (unpaired) electrons. The fourth-order valence-corrected chi connectivity index (χ4v) is 2.38. The van der Waals surface area contributed by atoms with Gasteiger partial charge < -0.3 is 15.7 Å². The van der Waals surface area contributed by atoms with Crippen molar-refractivity contribution in [2.45, 2.75) is 44.8 Å². The minimum absolute atomic E-state index is 0.0788. The van der Waals surface area contributed by atoms with Crippen LogP contribution < -0.4 is 10.6 Å². The van der Waals surface area contributed by atoms with E-state index in [-0.39, 0.29) is 18.1 Å². The summed E-state index contributed by atoms with van der Waals surface area (Å²) in [6.07, 6.45) is 3.84. The molecule has 0 saturated heterocycles. The van der Waals surface area contributed by atoms with E-state index in [0.717, 1.165) is 37.1 Å². The standard InChI is InChI=1S/C14H20N2O2/c1-10(17)15-11-5-4-6-12(9-11)16-13-7-2-3-8-14(13)18/h4-6,9,13-14,16,18H,2-3,7-8H2,1H3,(H,15,17). The second-order valence-electron chi connectivity index (χ2n) is 4.86. The molecule has 1 aromatic carbocycles. The van der Waals surface area contributed by atoms with Crippen molar-refractivity contribution in [2.24, 2.45) is 0 Å². The molecule has 2 atom stereocenters. The molecule has 1 aromatic rings. The molecule has 0 spiro atoms. The first-order chi connectivity index (χ1) is 8.65. The number of aliphatic hydroxyl groups excluding tert-OH is 1. The molecule has 98 valence electrons. The molecule has 0 aromatic heterocycles. The highest BCUT2D eigenvalue weighted by molar-refractivity contribution is 5.89. The Balaban J connectivity index is 2.02. The van der Waals surface area contributed by atoms with Crippen LogP contribution in [0, 0.1) is 0 Å². The first kappa shape index (κ1) is 12.9. The normalized spacial score (nSPS) is 23.4. The summed E-state index contributed by atoms with van der Waals surface area (Å²) in [5.41, 5.74) is 1.71. The van der Waals surface area contributed by atoms with E-state index in [1.54, 1.807) is 0 Å². The maximum atomic E-state index is 11.0. The molecule has 2 unspecified atom stereocenters. The van der Waals surface area contributed by atoms with Crippen LogP contribution in [0.2, 0.25) is 0 Å². The predicted octanol–water partition coefficient (Wildman–Crippen LogP) is 2.36. The van der Waals surface area contributed by atoms with Gasteiger partial charge in [0.1, 0.15) is 0 Å². The molecule has 3 N–H and O–H groups in total. The van der Waals surface area contributed by atoms with Crippen molar-refractivity contribution < 1.29 is 9.90 Å². The van der Waals surface area contributed by atoms with Gasteiger partial charge in [0.2, 0.25) is 5.91 Å². The van der Waals surface area contributed by atoms with Crippen LogP contribution in [0.3, 0.4) is 0 Å². The summed E-state index contributed by atoms with van der Waals surface area (Å²) in [5, 5.41) is 16.0. The number of nitrogens with one attached hydrogen (secondary N) is 2. The molecule has 2 rings (SSSR count). The quantitative estimate of drug-likeness (QED) is 0.769. The summed E-state index contributed by atoms with van der Waals surface area (Å²) >= 11 is 0. The lowest BCUT2D eigenvalue weighted by Crippen LogP contribution is -2.36. The third kappa shape index (κ3) is 3.47. The largest absolute Gasteiger partial charge is 0.391 e. The van der Waals surface area contributed by atoms with Gasteiger partial charge >= 0.3 is 0 Å². The third-order valence-electron chi connectivity index (χ3n) is 3.26. The molecule has 1 aliphatic rings. The fraction of sp³-hybridized carbons (Fsp3) is 0.500. The van der Waals surface area contributed by atoms with E-state index in [1.807, 2.05) is 24.3 Å². The average Bonchev–Trinajstić information content (AvgIpc) is 2.32. The Morgan fingerprint density at radius 3 is 2.72 bits per heavy atom. The van der Waals surface area contributed by atoms with Crippen molar-refractivity contribution in [2.75, 3.05) is 10.6 Å². The summed E-state index contributed by atoms with van der Waals surface area (Å²) < 4.78 is 0. The van der Waals surface area contributed by atoms with Crippen molar-refractivity contribution in [1.29, 1.82) is 0 Å². The minimum atomic E-state index is -0.275. The molecule has 1 fully saturated rings. The Labute approximate surface area is 107 Å². The molecule has 1 amide bonds. The number of amides is 1.